The van der Waals surface area contributed by atoms with Crippen molar-refractivity contribution in [2.45, 2.75) is 30.8 Å². The van der Waals surface area contributed by atoms with E-state index in [0.29, 0.717) is 24.5 Å². The first-order valence-corrected chi connectivity index (χ1v) is 8.97. The Bertz CT molecular complexity index is 739. The third kappa shape index (κ3) is 2.76. The van der Waals surface area contributed by atoms with Gasteiger partial charge in [0.25, 0.3) is 0 Å². The van der Waals surface area contributed by atoms with Gasteiger partial charge in [-0.2, -0.15) is 0 Å². The van der Waals surface area contributed by atoms with Gasteiger partial charge in [0.15, 0.2) is 11.5 Å². The number of carbonyl (C=O) groups excluding carboxylic acids is 1. The van der Waals surface area contributed by atoms with E-state index in [4.69, 9.17) is 9.47 Å². The molecule has 1 unspecified atom stereocenters. The van der Waals surface area contributed by atoms with Crippen molar-refractivity contribution in [3.05, 3.63) is 46.2 Å². The largest absolute Gasteiger partial charge is 0.454 e. The lowest BCUT2D eigenvalue weighted by Gasteiger charge is -2.16. The van der Waals surface area contributed by atoms with Crippen LogP contribution in [-0.4, -0.2) is 24.4 Å². The van der Waals surface area contributed by atoms with Crippen molar-refractivity contribution in [3.8, 4) is 11.5 Å². The molecule has 0 spiro atoms. The lowest BCUT2D eigenvalue weighted by Crippen LogP contribution is -2.35. The first-order chi connectivity index (χ1) is 11.7. The molecule has 6 heteroatoms. The fourth-order valence-corrected chi connectivity index (χ4v) is 4.02. The van der Waals surface area contributed by atoms with E-state index in [1.807, 2.05) is 23.6 Å². The molecule has 1 fully saturated rings. The SMILES string of the molecule is O=C(NCCC(O)c1ccc2c(c1)OCO2)C1(c2cccs2)CC1. The maximum absolute atomic E-state index is 12.5. The molecule has 0 radical (unpaired) electrons. The highest BCUT2D eigenvalue weighted by molar-refractivity contribution is 7.10. The van der Waals surface area contributed by atoms with Crippen LogP contribution in [0.2, 0.25) is 0 Å². The Morgan fingerprint density at radius 2 is 2.12 bits per heavy atom. The van der Waals surface area contributed by atoms with Crippen LogP contribution in [0.1, 0.15) is 35.8 Å². The van der Waals surface area contributed by atoms with E-state index in [1.165, 1.54) is 0 Å². The molecular weight excluding hydrogens is 326 g/mol. The number of aliphatic hydroxyl groups is 1. The highest BCUT2D eigenvalue weighted by atomic mass is 32.1. The van der Waals surface area contributed by atoms with Crippen molar-refractivity contribution < 1.29 is 19.4 Å². The van der Waals surface area contributed by atoms with Crippen LogP contribution in [0.15, 0.2) is 35.7 Å². The number of hydrogen-bond donors (Lipinski definition) is 2. The Morgan fingerprint density at radius 1 is 1.29 bits per heavy atom. The van der Waals surface area contributed by atoms with Gasteiger partial charge in [-0.3, -0.25) is 4.79 Å². The zero-order chi connectivity index (χ0) is 16.6. The molecule has 1 atom stereocenters. The van der Waals surface area contributed by atoms with Gasteiger partial charge in [-0.05, 0) is 48.4 Å². The van der Waals surface area contributed by atoms with E-state index in [9.17, 15) is 9.90 Å². The van der Waals surface area contributed by atoms with Crippen molar-refractivity contribution >= 4 is 17.2 Å². The fraction of sp³-hybridized carbons (Fsp3) is 0.389. The summed E-state index contributed by atoms with van der Waals surface area (Å²) in [7, 11) is 0. The first kappa shape index (κ1) is 15.5. The van der Waals surface area contributed by atoms with Crippen LogP contribution in [0.4, 0.5) is 0 Å². The molecule has 1 saturated carbocycles. The topological polar surface area (TPSA) is 67.8 Å². The van der Waals surface area contributed by atoms with Gasteiger partial charge in [-0.25, -0.2) is 0 Å². The van der Waals surface area contributed by atoms with Gasteiger partial charge in [0, 0.05) is 11.4 Å². The molecule has 2 N–H and O–H groups in total. The molecule has 2 aliphatic rings. The number of nitrogens with one attached hydrogen (secondary N) is 1. The molecule has 1 amide bonds. The quantitative estimate of drug-likeness (QED) is 0.845. The molecule has 126 valence electrons. The molecule has 2 aromatic rings. The predicted molar refractivity (Wildman–Crippen MR) is 90.4 cm³/mol. The summed E-state index contributed by atoms with van der Waals surface area (Å²) in [4.78, 5) is 13.6. The van der Waals surface area contributed by atoms with Crippen LogP contribution >= 0.6 is 11.3 Å². The number of carbonyl (C=O) groups is 1. The van der Waals surface area contributed by atoms with E-state index < -0.39 is 6.10 Å². The van der Waals surface area contributed by atoms with Crippen LogP contribution < -0.4 is 14.8 Å². The van der Waals surface area contributed by atoms with Crippen LogP contribution in [-0.2, 0) is 10.2 Å². The summed E-state index contributed by atoms with van der Waals surface area (Å²) in [6.45, 7) is 0.664. The number of hydrogen-bond acceptors (Lipinski definition) is 5. The van der Waals surface area contributed by atoms with Crippen LogP contribution in [0, 0.1) is 0 Å². The third-order valence-corrected chi connectivity index (χ3v) is 5.74. The molecule has 4 rings (SSSR count). The molecule has 24 heavy (non-hydrogen) atoms. The molecule has 1 aromatic heterocycles. The van der Waals surface area contributed by atoms with E-state index in [0.717, 1.165) is 23.3 Å². The molecule has 5 nitrogen and oxygen atoms in total. The Morgan fingerprint density at radius 3 is 2.88 bits per heavy atom. The summed E-state index contributed by atoms with van der Waals surface area (Å²) in [6, 6.07) is 9.43. The number of amides is 1. The van der Waals surface area contributed by atoms with Crippen molar-refractivity contribution in [1.29, 1.82) is 0 Å². The zero-order valence-electron chi connectivity index (χ0n) is 13.2. The number of ether oxygens (including phenoxy) is 2. The van der Waals surface area contributed by atoms with Crippen molar-refractivity contribution in [1.82, 2.24) is 5.32 Å². The summed E-state index contributed by atoms with van der Waals surface area (Å²) in [5.41, 5.74) is 0.450. The number of rotatable bonds is 6. The average Bonchev–Trinajstić information content (AvgIpc) is 3.01. The van der Waals surface area contributed by atoms with Crippen molar-refractivity contribution in [2.24, 2.45) is 0 Å². The Labute approximate surface area is 144 Å². The zero-order valence-corrected chi connectivity index (χ0v) is 14.0. The second-order valence-electron chi connectivity index (χ2n) is 6.23. The molecule has 0 saturated heterocycles. The molecule has 1 aliphatic heterocycles. The fourth-order valence-electron chi connectivity index (χ4n) is 3.04. The Balaban J connectivity index is 1.32. The maximum atomic E-state index is 12.5. The third-order valence-electron chi connectivity index (χ3n) is 4.66. The number of fused-ring (bicyclic) bond motifs is 1. The van der Waals surface area contributed by atoms with Crippen molar-refractivity contribution in [3.63, 3.8) is 0 Å². The van der Waals surface area contributed by atoms with Gasteiger partial charge < -0.3 is 19.9 Å². The lowest BCUT2D eigenvalue weighted by molar-refractivity contribution is -0.123. The van der Waals surface area contributed by atoms with Gasteiger partial charge in [0.2, 0.25) is 12.7 Å². The minimum atomic E-state index is -0.642. The second-order valence-corrected chi connectivity index (χ2v) is 7.18. The Hall–Kier alpha value is -2.05. The molecule has 1 aromatic carbocycles. The Kier molecular flexibility index (Phi) is 3.94. The number of thiophene rings is 1. The van der Waals surface area contributed by atoms with Crippen LogP contribution in [0.25, 0.3) is 0 Å². The maximum Gasteiger partial charge on any atom is 0.231 e. The molecule has 0 bridgehead atoms. The van der Waals surface area contributed by atoms with Crippen molar-refractivity contribution in [2.75, 3.05) is 13.3 Å². The van der Waals surface area contributed by atoms with E-state index in [2.05, 4.69) is 5.32 Å². The molecule has 1 aliphatic carbocycles. The predicted octanol–water partition coefficient (Wildman–Crippen LogP) is 2.75. The van der Waals surface area contributed by atoms with Gasteiger partial charge in [-0.15, -0.1) is 11.3 Å². The van der Waals surface area contributed by atoms with E-state index in [1.54, 1.807) is 23.5 Å². The monoisotopic (exact) mass is 345 g/mol. The number of benzene rings is 1. The van der Waals surface area contributed by atoms with Gasteiger partial charge in [0.05, 0.1) is 11.5 Å². The van der Waals surface area contributed by atoms with Crippen LogP contribution in [0.5, 0.6) is 11.5 Å². The summed E-state index contributed by atoms with van der Waals surface area (Å²) in [5.74, 6) is 1.43. The number of aliphatic hydroxyl groups excluding tert-OH is 1. The van der Waals surface area contributed by atoms with E-state index >= 15 is 0 Å². The second kappa shape index (κ2) is 6.11. The normalized spacial score (nSPS) is 18.2. The lowest BCUT2D eigenvalue weighted by atomic mass is 10.0. The minimum absolute atomic E-state index is 0.0721. The van der Waals surface area contributed by atoms with E-state index in [-0.39, 0.29) is 18.1 Å². The smallest absolute Gasteiger partial charge is 0.231 e. The summed E-state index contributed by atoms with van der Waals surface area (Å²) >= 11 is 1.63. The summed E-state index contributed by atoms with van der Waals surface area (Å²) in [6.07, 6.45) is 1.64. The summed E-state index contributed by atoms with van der Waals surface area (Å²) in [5, 5.41) is 15.3. The minimum Gasteiger partial charge on any atom is -0.454 e. The van der Waals surface area contributed by atoms with Crippen LogP contribution in [0.3, 0.4) is 0 Å². The van der Waals surface area contributed by atoms with Gasteiger partial charge in [0.1, 0.15) is 0 Å². The highest BCUT2D eigenvalue weighted by Gasteiger charge is 2.51. The molecule has 2 heterocycles. The first-order valence-electron chi connectivity index (χ1n) is 8.09. The standard InChI is InChI=1S/C18H19NO4S/c20-13(12-3-4-14-15(10-12)23-11-22-14)5-8-19-17(21)18(6-7-18)16-2-1-9-24-16/h1-4,9-10,13,20H,5-8,11H2,(H,19,21). The van der Waals surface area contributed by atoms with Gasteiger partial charge in [-0.1, -0.05) is 12.1 Å². The highest BCUT2D eigenvalue weighted by Crippen LogP contribution is 2.50. The average molecular weight is 345 g/mol. The van der Waals surface area contributed by atoms with Gasteiger partial charge >= 0.3 is 0 Å². The molecular formula is C18H19NO4S. The summed E-state index contributed by atoms with van der Waals surface area (Å²) < 4.78 is 10.6.